The lowest BCUT2D eigenvalue weighted by molar-refractivity contribution is 0.672. The van der Waals surface area contributed by atoms with Crippen molar-refractivity contribution in [2.75, 3.05) is 4.90 Å². The van der Waals surface area contributed by atoms with Crippen LogP contribution in [0.15, 0.2) is 245 Å². The summed E-state index contributed by atoms with van der Waals surface area (Å²) in [5, 5.41) is 9.14. The van der Waals surface area contributed by atoms with Crippen LogP contribution in [0.1, 0.15) is 0 Å². The molecule has 0 spiro atoms. The van der Waals surface area contributed by atoms with Gasteiger partial charge in [-0.05, 0) is 128 Å². The van der Waals surface area contributed by atoms with Crippen molar-refractivity contribution in [2.45, 2.75) is 0 Å². The van der Waals surface area contributed by atoms with Gasteiger partial charge in [-0.15, -0.1) is 0 Å². The summed E-state index contributed by atoms with van der Waals surface area (Å²) in [6.07, 6.45) is 0. The maximum absolute atomic E-state index is 6.44. The molecule has 0 bridgehead atoms. The van der Waals surface area contributed by atoms with Gasteiger partial charge in [0.05, 0.1) is 0 Å². The highest BCUT2D eigenvalue weighted by atomic mass is 16.3. The molecule has 0 saturated carbocycles. The smallest absolute Gasteiger partial charge is 0.143 e. The summed E-state index contributed by atoms with van der Waals surface area (Å²) >= 11 is 0. The van der Waals surface area contributed by atoms with E-state index in [0.717, 1.165) is 94.0 Å². The van der Waals surface area contributed by atoms with Crippen molar-refractivity contribution >= 4 is 82.5 Å². The first-order valence-corrected chi connectivity index (χ1v) is 22.1. The van der Waals surface area contributed by atoms with Crippen LogP contribution in [0.2, 0.25) is 0 Å². The Kier molecular flexibility index (Phi) is 8.53. The molecule has 0 radical (unpaired) electrons. The summed E-state index contributed by atoms with van der Waals surface area (Å²) in [7, 11) is 0. The molecule has 3 nitrogen and oxygen atoms in total. The molecule has 0 N–H and O–H groups in total. The average Bonchev–Trinajstić information content (AvgIpc) is 3.96. The first kappa shape index (κ1) is 36.9. The van der Waals surface area contributed by atoms with E-state index in [1.165, 1.54) is 33.0 Å². The van der Waals surface area contributed by atoms with Crippen molar-refractivity contribution in [2.24, 2.45) is 0 Å². The lowest BCUT2D eigenvalue weighted by atomic mass is 9.94. The van der Waals surface area contributed by atoms with Crippen molar-refractivity contribution in [3.8, 4) is 44.5 Å². The molecule has 0 atom stereocenters. The Morgan fingerprint density at radius 1 is 0.246 bits per heavy atom. The third kappa shape index (κ3) is 6.28. The number of hydrogen-bond acceptors (Lipinski definition) is 3. The van der Waals surface area contributed by atoms with Crippen LogP contribution in [-0.4, -0.2) is 0 Å². The normalized spacial score (nSPS) is 11.7. The van der Waals surface area contributed by atoms with Gasteiger partial charge in [-0.25, -0.2) is 0 Å². The molecule has 13 rings (SSSR count). The summed E-state index contributed by atoms with van der Waals surface area (Å²) in [6, 6.07) is 84.7. The van der Waals surface area contributed by atoms with Gasteiger partial charge in [0.2, 0.25) is 0 Å². The summed E-state index contributed by atoms with van der Waals surface area (Å²) in [6.45, 7) is 0. The van der Waals surface area contributed by atoms with E-state index in [2.05, 4.69) is 241 Å². The highest BCUT2D eigenvalue weighted by Gasteiger charge is 2.17. The van der Waals surface area contributed by atoms with Gasteiger partial charge in [-0.1, -0.05) is 164 Å². The first-order chi connectivity index (χ1) is 32.2. The Bertz CT molecular complexity index is 3720. The second-order valence-corrected chi connectivity index (χ2v) is 16.8. The largest absolute Gasteiger partial charge is 0.455 e. The molecule has 0 aliphatic carbocycles. The van der Waals surface area contributed by atoms with Crippen LogP contribution in [0.25, 0.3) is 110 Å². The van der Waals surface area contributed by atoms with Gasteiger partial charge in [0, 0.05) is 49.4 Å². The molecule has 13 aromatic rings. The van der Waals surface area contributed by atoms with Crippen molar-refractivity contribution in [1.82, 2.24) is 0 Å². The number of hydrogen-bond donors (Lipinski definition) is 0. The average molecular weight is 830 g/mol. The number of anilines is 3. The molecule has 0 aliphatic heterocycles. The monoisotopic (exact) mass is 829 g/mol. The first-order valence-electron chi connectivity index (χ1n) is 22.1. The van der Waals surface area contributed by atoms with Crippen LogP contribution in [0.5, 0.6) is 0 Å². The zero-order valence-corrected chi connectivity index (χ0v) is 35.3. The van der Waals surface area contributed by atoms with Gasteiger partial charge in [-0.2, -0.15) is 0 Å². The van der Waals surface area contributed by atoms with Gasteiger partial charge < -0.3 is 13.7 Å². The third-order valence-corrected chi connectivity index (χ3v) is 13.1. The minimum Gasteiger partial charge on any atom is -0.455 e. The molecule has 11 aromatic carbocycles. The molecule has 2 aromatic heterocycles. The number of furan rings is 2. The highest BCUT2D eigenvalue weighted by Crippen LogP contribution is 2.42. The van der Waals surface area contributed by atoms with E-state index in [1.807, 2.05) is 0 Å². The van der Waals surface area contributed by atoms with Crippen molar-refractivity contribution in [3.63, 3.8) is 0 Å². The van der Waals surface area contributed by atoms with Crippen molar-refractivity contribution in [1.29, 1.82) is 0 Å². The standard InChI is InChI=1S/C62H39NO2/c1-2-10-42(11-3-1)51-14-8-9-15-52(51)45-22-32-50(33-23-45)63(48-28-18-40(19-29-48)46-26-36-59-57(38-46)55-34-24-43-12-4-6-16-53(43)61(55)64-59)49-30-20-41(21-31-49)47-27-37-60-58(39-47)56-35-25-44-13-5-7-17-54(44)62(56)65-60/h1-39H. The molecule has 0 saturated heterocycles. The summed E-state index contributed by atoms with van der Waals surface area (Å²) < 4.78 is 12.9. The lowest BCUT2D eigenvalue weighted by Crippen LogP contribution is -2.09. The number of fused-ring (bicyclic) bond motifs is 10. The van der Waals surface area contributed by atoms with Crippen molar-refractivity contribution in [3.05, 3.63) is 237 Å². The van der Waals surface area contributed by atoms with Crippen LogP contribution in [0.3, 0.4) is 0 Å². The van der Waals surface area contributed by atoms with Crippen molar-refractivity contribution < 1.29 is 8.83 Å². The summed E-state index contributed by atoms with van der Waals surface area (Å²) in [5.74, 6) is 0. The molecule has 2 heterocycles. The predicted octanol–water partition coefficient (Wildman–Crippen LogP) is 17.9. The summed E-state index contributed by atoms with van der Waals surface area (Å²) in [4.78, 5) is 2.34. The highest BCUT2D eigenvalue weighted by molar-refractivity contribution is 6.16. The Labute approximate surface area is 375 Å². The van der Waals surface area contributed by atoms with Crippen LogP contribution >= 0.6 is 0 Å². The molecule has 3 heteroatoms. The Hall–Kier alpha value is -8.66. The fourth-order valence-electron chi connectivity index (χ4n) is 9.82. The number of benzene rings is 11. The molecule has 0 amide bonds. The molecule has 0 unspecified atom stereocenters. The molecule has 304 valence electrons. The van der Waals surface area contributed by atoms with Crippen LogP contribution in [-0.2, 0) is 0 Å². The van der Waals surface area contributed by atoms with E-state index >= 15 is 0 Å². The molecule has 65 heavy (non-hydrogen) atoms. The third-order valence-electron chi connectivity index (χ3n) is 13.1. The van der Waals surface area contributed by atoms with E-state index in [1.54, 1.807) is 0 Å². The molecule has 0 aliphatic rings. The zero-order chi connectivity index (χ0) is 42.8. The van der Waals surface area contributed by atoms with Gasteiger partial charge in [0.25, 0.3) is 0 Å². The molecular formula is C62H39NO2. The second kappa shape index (κ2) is 15.0. The lowest BCUT2D eigenvalue weighted by Gasteiger charge is -2.26. The summed E-state index contributed by atoms with van der Waals surface area (Å²) in [5.41, 5.74) is 16.2. The maximum Gasteiger partial charge on any atom is 0.143 e. The SMILES string of the molecule is c1ccc(-c2ccccc2-c2ccc(N(c3ccc(-c4ccc5oc6c7ccccc7ccc6c5c4)cc3)c3ccc(-c4ccc5oc6c7ccccc7ccc6c5c4)cc3)cc2)cc1. The topological polar surface area (TPSA) is 29.5 Å². The van der Waals surface area contributed by atoms with Gasteiger partial charge in [0.1, 0.15) is 22.3 Å². The van der Waals surface area contributed by atoms with E-state index in [9.17, 15) is 0 Å². The molecule has 0 fully saturated rings. The van der Waals surface area contributed by atoms with E-state index < -0.39 is 0 Å². The van der Waals surface area contributed by atoms with Gasteiger partial charge in [-0.3, -0.25) is 0 Å². The van der Waals surface area contributed by atoms with E-state index in [-0.39, 0.29) is 0 Å². The number of nitrogens with zero attached hydrogens (tertiary/aromatic N) is 1. The zero-order valence-electron chi connectivity index (χ0n) is 35.3. The molecular weight excluding hydrogens is 791 g/mol. The van der Waals surface area contributed by atoms with Gasteiger partial charge in [0.15, 0.2) is 0 Å². The minimum atomic E-state index is 0.896. The Morgan fingerprint density at radius 3 is 1.11 bits per heavy atom. The maximum atomic E-state index is 6.44. The van der Waals surface area contributed by atoms with E-state index in [0.29, 0.717) is 0 Å². The fourth-order valence-corrected chi connectivity index (χ4v) is 9.82. The Balaban J connectivity index is 0.879. The predicted molar refractivity (Wildman–Crippen MR) is 272 cm³/mol. The minimum absolute atomic E-state index is 0.896. The van der Waals surface area contributed by atoms with Gasteiger partial charge >= 0.3 is 0 Å². The number of rotatable bonds is 7. The van der Waals surface area contributed by atoms with Crippen LogP contribution < -0.4 is 4.90 Å². The Morgan fingerprint density at radius 2 is 0.631 bits per heavy atom. The fraction of sp³-hybridized carbons (Fsp3) is 0. The quantitative estimate of drug-likeness (QED) is 0.160. The van der Waals surface area contributed by atoms with Crippen LogP contribution in [0, 0.1) is 0 Å². The van der Waals surface area contributed by atoms with Crippen LogP contribution in [0.4, 0.5) is 17.1 Å². The second-order valence-electron chi connectivity index (χ2n) is 16.8. The van der Waals surface area contributed by atoms with E-state index in [4.69, 9.17) is 8.83 Å².